The smallest absolute Gasteiger partial charge is 0.350 e. The van der Waals surface area contributed by atoms with Crippen molar-refractivity contribution in [2.24, 2.45) is 0 Å². The summed E-state index contributed by atoms with van der Waals surface area (Å²) >= 11 is 3.09. The van der Waals surface area contributed by atoms with Gasteiger partial charge in [-0.25, -0.2) is 21.6 Å². The fourth-order valence-corrected chi connectivity index (χ4v) is 7.22. The lowest BCUT2D eigenvalue weighted by atomic mass is 10.2. The fourth-order valence-electron chi connectivity index (χ4n) is 3.22. The minimum Gasteiger partial charge on any atom is -0.422 e. The highest BCUT2D eigenvalue weighted by molar-refractivity contribution is 9.10. The van der Waals surface area contributed by atoms with E-state index in [1.54, 1.807) is 38.1 Å². The Morgan fingerprint density at radius 2 is 1.21 bits per heavy atom. The summed E-state index contributed by atoms with van der Waals surface area (Å²) in [7, 11) is -9.06. The summed E-state index contributed by atoms with van der Waals surface area (Å²) in [6.07, 6.45) is 0. The number of aryl methyl sites for hydroxylation is 2. The van der Waals surface area contributed by atoms with Gasteiger partial charge in [0.15, 0.2) is 0 Å². The van der Waals surface area contributed by atoms with Gasteiger partial charge in [0.2, 0.25) is 0 Å². The van der Waals surface area contributed by atoms with E-state index in [2.05, 4.69) is 15.9 Å². The van der Waals surface area contributed by atoms with Crippen molar-refractivity contribution in [2.75, 3.05) is 3.71 Å². The molecular formula is C23H18BrNO6S2. The van der Waals surface area contributed by atoms with Gasteiger partial charge >= 0.3 is 5.63 Å². The lowest BCUT2D eigenvalue weighted by Crippen LogP contribution is -2.37. The van der Waals surface area contributed by atoms with Crippen molar-refractivity contribution >= 4 is 52.6 Å². The van der Waals surface area contributed by atoms with Crippen molar-refractivity contribution < 1.29 is 21.3 Å². The van der Waals surface area contributed by atoms with Gasteiger partial charge in [-0.15, -0.1) is 0 Å². The van der Waals surface area contributed by atoms with Crippen LogP contribution in [-0.2, 0) is 20.0 Å². The van der Waals surface area contributed by atoms with Crippen LogP contribution in [0.5, 0.6) is 0 Å². The molecule has 0 spiro atoms. The molecule has 0 bridgehead atoms. The molecule has 7 nitrogen and oxygen atoms in total. The third-order valence-electron chi connectivity index (χ3n) is 4.96. The number of hydrogen-bond acceptors (Lipinski definition) is 6. The Bertz CT molecular complexity index is 1550. The van der Waals surface area contributed by atoms with Crippen LogP contribution < -0.4 is 9.34 Å². The highest BCUT2D eigenvalue weighted by Gasteiger charge is 2.37. The van der Waals surface area contributed by atoms with Crippen molar-refractivity contribution in [1.29, 1.82) is 0 Å². The Morgan fingerprint density at radius 1 is 0.727 bits per heavy atom. The lowest BCUT2D eigenvalue weighted by Gasteiger charge is -2.24. The average Bonchev–Trinajstić information content (AvgIpc) is 2.75. The van der Waals surface area contributed by atoms with Gasteiger partial charge in [-0.2, -0.15) is 3.71 Å². The maximum Gasteiger partial charge on any atom is 0.350 e. The molecule has 10 heteroatoms. The topological polar surface area (TPSA) is 102 Å². The first-order valence-electron chi connectivity index (χ1n) is 9.67. The summed E-state index contributed by atoms with van der Waals surface area (Å²) in [4.78, 5) is 11.4. The van der Waals surface area contributed by atoms with Gasteiger partial charge in [0, 0.05) is 5.39 Å². The lowest BCUT2D eigenvalue weighted by molar-refractivity contribution is 0.556. The zero-order valence-corrected chi connectivity index (χ0v) is 20.7. The SMILES string of the molecule is Cc1ccc(S(=O)(=O)N(c2ccc3oc(=O)c(Br)cc3c2)S(=O)(=O)c2ccc(C)cc2)cc1. The van der Waals surface area contributed by atoms with E-state index < -0.39 is 25.7 Å². The number of benzene rings is 3. The number of halogens is 1. The van der Waals surface area contributed by atoms with Crippen LogP contribution in [0.3, 0.4) is 0 Å². The molecule has 4 aromatic rings. The van der Waals surface area contributed by atoms with Crippen LogP contribution in [0.25, 0.3) is 11.0 Å². The molecule has 0 saturated heterocycles. The van der Waals surface area contributed by atoms with Crippen molar-refractivity contribution in [3.05, 3.63) is 98.8 Å². The van der Waals surface area contributed by atoms with Gasteiger partial charge in [0.05, 0.1) is 15.5 Å². The zero-order valence-electron chi connectivity index (χ0n) is 17.5. The number of anilines is 1. The molecule has 0 N–H and O–H groups in total. The van der Waals surface area contributed by atoms with Gasteiger partial charge < -0.3 is 4.42 Å². The minimum atomic E-state index is -4.53. The molecular weight excluding hydrogens is 530 g/mol. The van der Waals surface area contributed by atoms with E-state index in [1.165, 1.54) is 48.5 Å². The Labute approximate surface area is 199 Å². The van der Waals surface area contributed by atoms with E-state index in [-0.39, 0.29) is 25.5 Å². The molecule has 0 saturated carbocycles. The van der Waals surface area contributed by atoms with E-state index in [0.29, 0.717) is 9.10 Å². The van der Waals surface area contributed by atoms with Crippen LogP contribution in [0.15, 0.2) is 96.3 Å². The molecule has 3 aromatic carbocycles. The maximum absolute atomic E-state index is 13.7. The molecule has 0 radical (unpaired) electrons. The minimum absolute atomic E-state index is 0.121. The molecule has 0 atom stereocenters. The number of sulfonamides is 2. The standard InChI is InChI=1S/C23H18BrNO6S2/c1-15-3-8-19(9-4-15)32(27,28)25(33(29,30)20-10-5-16(2)6-11-20)18-7-12-22-17(13-18)14-21(24)23(26)31-22/h3-14H,1-2H3. The summed E-state index contributed by atoms with van der Waals surface area (Å²) in [6.45, 7) is 3.60. The van der Waals surface area contributed by atoms with Crippen molar-refractivity contribution in [3.8, 4) is 0 Å². The van der Waals surface area contributed by atoms with Crippen LogP contribution in [0.1, 0.15) is 11.1 Å². The molecule has 0 aliphatic rings. The first-order valence-corrected chi connectivity index (χ1v) is 13.3. The number of fused-ring (bicyclic) bond motifs is 1. The van der Waals surface area contributed by atoms with Gasteiger partial charge in [-0.3, -0.25) is 0 Å². The largest absolute Gasteiger partial charge is 0.422 e. The average molecular weight is 548 g/mol. The molecule has 4 rings (SSSR count). The Kier molecular flexibility index (Phi) is 5.94. The summed E-state index contributed by atoms with van der Waals surface area (Å²) < 4.78 is 60.3. The van der Waals surface area contributed by atoms with E-state index in [4.69, 9.17) is 4.42 Å². The van der Waals surface area contributed by atoms with Gasteiger partial charge in [0.25, 0.3) is 20.0 Å². The fraction of sp³-hybridized carbons (Fsp3) is 0.0870. The Balaban J connectivity index is 2.00. The normalized spacial score (nSPS) is 12.1. The van der Waals surface area contributed by atoms with E-state index in [9.17, 15) is 21.6 Å². The van der Waals surface area contributed by atoms with Crippen molar-refractivity contribution in [2.45, 2.75) is 23.6 Å². The first kappa shape index (κ1) is 23.2. The van der Waals surface area contributed by atoms with Crippen LogP contribution in [0.2, 0.25) is 0 Å². The molecule has 1 aromatic heterocycles. The second-order valence-corrected chi connectivity index (χ2v) is 12.1. The zero-order chi connectivity index (χ0) is 24.0. The van der Waals surface area contributed by atoms with E-state index in [1.807, 2.05) is 0 Å². The van der Waals surface area contributed by atoms with Crippen LogP contribution >= 0.6 is 15.9 Å². The van der Waals surface area contributed by atoms with E-state index >= 15 is 0 Å². The Morgan fingerprint density at radius 3 is 1.70 bits per heavy atom. The monoisotopic (exact) mass is 547 g/mol. The molecule has 0 unspecified atom stereocenters. The third kappa shape index (κ3) is 4.33. The molecule has 0 amide bonds. The predicted molar refractivity (Wildman–Crippen MR) is 129 cm³/mol. The molecule has 170 valence electrons. The molecule has 1 heterocycles. The van der Waals surface area contributed by atoms with Gasteiger partial charge in [-0.05, 0) is 78.3 Å². The third-order valence-corrected chi connectivity index (χ3v) is 9.72. The quantitative estimate of drug-likeness (QED) is 0.334. The van der Waals surface area contributed by atoms with Crippen LogP contribution in [0.4, 0.5) is 5.69 Å². The highest BCUT2D eigenvalue weighted by atomic mass is 79.9. The number of nitrogens with zero attached hydrogens (tertiary/aromatic N) is 1. The number of rotatable bonds is 5. The summed E-state index contributed by atoms with van der Waals surface area (Å²) in [5, 5.41) is 0.349. The summed E-state index contributed by atoms with van der Waals surface area (Å²) in [5.41, 5.74) is 1.11. The number of hydrogen-bond donors (Lipinski definition) is 0. The second-order valence-electron chi connectivity index (χ2n) is 7.44. The second kappa shape index (κ2) is 8.44. The van der Waals surface area contributed by atoms with Crippen molar-refractivity contribution in [1.82, 2.24) is 0 Å². The van der Waals surface area contributed by atoms with Gasteiger partial charge in [0.1, 0.15) is 10.1 Å². The summed E-state index contributed by atoms with van der Waals surface area (Å²) in [6, 6.07) is 17.3. The predicted octanol–water partition coefficient (Wildman–Crippen LogP) is 4.76. The van der Waals surface area contributed by atoms with E-state index in [0.717, 1.165) is 11.1 Å². The first-order chi connectivity index (χ1) is 15.5. The van der Waals surface area contributed by atoms with Gasteiger partial charge in [-0.1, -0.05) is 35.4 Å². The molecule has 33 heavy (non-hydrogen) atoms. The van der Waals surface area contributed by atoms with Crippen LogP contribution in [0, 0.1) is 13.8 Å². The highest BCUT2D eigenvalue weighted by Crippen LogP contribution is 2.33. The molecule has 0 aliphatic heterocycles. The summed E-state index contributed by atoms with van der Waals surface area (Å²) in [5.74, 6) is 0. The van der Waals surface area contributed by atoms with Crippen LogP contribution in [-0.4, -0.2) is 16.8 Å². The Hall–Kier alpha value is -2.95. The maximum atomic E-state index is 13.7. The molecule has 0 fully saturated rings. The molecule has 0 aliphatic carbocycles. The van der Waals surface area contributed by atoms with Crippen molar-refractivity contribution in [3.63, 3.8) is 0 Å².